The van der Waals surface area contributed by atoms with E-state index in [2.05, 4.69) is 31.0 Å². The summed E-state index contributed by atoms with van der Waals surface area (Å²) in [5.41, 5.74) is 5.02. The van der Waals surface area contributed by atoms with Crippen LogP contribution < -0.4 is 0 Å². The van der Waals surface area contributed by atoms with Crippen LogP contribution in [-0.4, -0.2) is 12.8 Å². The van der Waals surface area contributed by atoms with Crippen LogP contribution in [0.3, 0.4) is 0 Å². The predicted molar refractivity (Wildman–Crippen MR) is 57.9 cm³/mol. The maximum absolute atomic E-state index is 5.57. The molecular weight excluding hydrogens is 174 g/mol. The second-order valence-corrected chi connectivity index (χ2v) is 3.61. The van der Waals surface area contributed by atoms with Crippen molar-refractivity contribution in [3.05, 3.63) is 34.4 Å². The number of hydrogen-bond donors (Lipinski definition) is 0. The van der Waals surface area contributed by atoms with Gasteiger partial charge in [-0.05, 0) is 31.9 Å². The van der Waals surface area contributed by atoms with Crippen LogP contribution in [0, 0.1) is 13.8 Å². The first-order valence-electron chi connectivity index (χ1n) is 4.99. The molecule has 0 saturated heterocycles. The maximum atomic E-state index is 5.57. The van der Waals surface area contributed by atoms with Crippen molar-refractivity contribution in [2.75, 3.05) is 6.61 Å². The van der Waals surface area contributed by atoms with E-state index < -0.39 is 0 Å². The molecule has 1 heterocycles. The molecule has 0 aliphatic carbocycles. The number of rotatable bonds is 2. The topological polar surface area (TPSA) is 21.6 Å². The molecule has 0 spiro atoms. The van der Waals surface area contributed by atoms with Crippen molar-refractivity contribution in [1.29, 1.82) is 0 Å². The number of fused-ring (bicyclic) bond motifs is 1. The Bertz CT molecular complexity index is 382. The van der Waals surface area contributed by atoms with Crippen LogP contribution in [0.4, 0.5) is 0 Å². The Morgan fingerprint density at radius 2 is 2.00 bits per heavy atom. The molecule has 1 aliphatic heterocycles. The average Bonchev–Trinajstić information content (AvgIpc) is 2.58. The van der Waals surface area contributed by atoms with Gasteiger partial charge in [0.05, 0.1) is 0 Å². The monoisotopic (exact) mass is 189 g/mol. The van der Waals surface area contributed by atoms with Crippen molar-refractivity contribution in [2.24, 2.45) is 4.99 Å². The highest BCUT2D eigenvalue weighted by atomic mass is 16.5. The fourth-order valence-corrected chi connectivity index (χ4v) is 1.85. The molecule has 74 valence electrons. The quantitative estimate of drug-likeness (QED) is 0.701. The first-order valence-corrected chi connectivity index (χ1v) is 4.99. The SMILES string of the molecule is CCOC1N=Cc2c(C)ccc(C)c21. The molecule has 1 aliphatic rings. The van der Waals surface area contributed by atoms with Gasteiger partial charge >= 0.3 is 0 Å². The Morgan fingerprint density at radius 3 is 2.71 bits per heavy atom. The largest absolute Gasteiger partial charge is 0.352 e. The number of hydrogen-bond acceptors (Lipinski definition) is 2. The second kappa shape index (κ2) is 3.54. The Kier molecular flexibility index (Phi) is 2.38. The van der Waals surface area contributed by atoms with Crippen molar-refractivity contribution in [1.82, 2.24) is 0 Å². The summed E-state index contributed by atoms with van der Waals surface area (Å²) >= 11 is 0. The molecule has 0 N–H and O–H groups in total. The highest BCUT2D eigenvalue weighted by molar-refractivity contribution is 5.87. The zero-order valence-electron chi connectivity index (χ0n) is 8.87. The third-order valence-electron chi connectivity index (χ3n) is 2.63. The summed E-state index contributed by atoms with van der Waals surface area (Å²) in [7, 11) is 0. The van der Waals surface area contributed by atoms with E-state index in [0.717, 1.165) is 0 Å². The minimum atomic E-state index is -0.0742. The Morgan fingerprint density at radius 1 is 1.29 bits per heavy atom. The summed E-state index contributed by atoms with van der Waals surface area (Å²) in [6.45, 7) is 6.92. The van der Waals surface area contributed by atoms with Gasteiger partial charge in [-0.3, -0.25) is 4.99 Å². The van der Waals surface area contributed by atoms with Crippen molar-refractivity contribution < 1.29 is 4.74 Å². The molecule has 1 aromatic carbocycles. The molecule has 2 nitrogen and oxygen atoms in total. The molecular formula is C12H15NO. The summed E-state index contributed by atoms with van der Waals surface area (Å²) in [4.78, 5) is 4.37. The van der Waals surface area contributed by atoms with E-state index >= 15 is 0 Å². The first-order chi connectivity index (χ1) is 6.74. The van der Waals surface area contributed by atoms with Crippen LogP contribution in [0.1, 0.15) is 35.4 Å². The van der Waals surface area contributed by atoms with Crippen LogP contribution in [0.15, 0.2) is 17.1 Å². The van der Waals surface area contributed by atoms with Gasteiger partial charge in [0.1, 0.15) is 0 Å². The molecule has 14 heavy (non-hydrogen) atoms. The molecule has 2 rings (SSSR count). The van der Waals surface area contributed by atoms with Crippen LogP contribution in [0.5, 0.6) is 0 Å². The maximum Gasteiger partial charge on any atom is 0.174 e. The van der Waals surface area contributed by atoms with Gasteiger partial charge in [0.25, 0.3) is 0 Å². The summed E-state index contributed by atoms with van der Waals surface area (Å²) in [6, 6.07) is 4.27. The zero-order valence-corrected chi connectivity index (χ0v) is 8.87. The average molecular weight is 189 g/mol. The Hall–Kier alpha value is -1.15. The minimum absolute atomic E-state index is 0.0742. The van der Waals surface area contributed by atoms with Gasteiger partial charge < -0.3 is 4.74 Å². The zero-order chi connectivity index (χ0) is 10.1. The molecule has 1 aromatic rings. The summed E-state index contributed by atoms with van der Waals surface area (Å²) in [5.74, 6) is 0. The van der Waals surface area contributed by atoms with Gasteiger partial charge in [-0.1, -0.05) is 12.1 Å². The van der Waals surface area contributed by atoms with E-state index in [-0.39, 0.29) is 6.23 Å². The van der Waals surface area contributed by atoms with Gasteiger partial charge in [-0.25, -0.2) is 0 Å². The van der Waals surface area contributed by atoms with E-state index in [9.17, 15) is 0 Å². The van der Waals surface area contributed by atoms with Gasteiger partial charge in [0, 0.05) is 23.9 Å². The van der Waals surface area contributed by atoms with Gasteiger partial charge in [0.15, 0.2) is 6.23 Å². The molecule has 2 heteroatoms. The molecule has 0 aromatic heterocycles. The van der Waals surface area contributed by atoms with Crippen molar-refractivity contribution in [2.45, 2.75) is 27.0 Å². The predicted octanol–water partition coefficient (Wildman–Crippen LogP) is 2.77. The van der Waals surface area contributed by atoms with Gasteiger partial charge in [0.2, 0.25) is 0 Å². The first kappa shape index (κ1) is 9.41. The van der Waals surface area contributed by atoms with E-state index in [4.69, 9.17) is 4.74 Å². The number of aliphatic imine (C=N–C) groups is 1. The van der Waals surface area contributed by atoms with Crippen LogP contribution in [0.25, 0.3) is 0 Å². The highest BCUT2D eigenvalue weighted by Crippen LogP contribution is 2.31. The number of aryl methyl sites for hydroxylation is 2. The van der Waals surface area contributed by atoms with E-state index in [1.165, 1.54) is 22.3 Å². The molecule has 0 radical (unpaired) electrons. The summed E-state index contributed by atoms with van der Waals surface area (Å²) in [6.07, 6.45) is 1.85. The molecule has 1 unspecified atom stereocenters. The summed E-state index contributed by atoms with van der Waals surface area (Å²) < 4.78 is 5.57. The van der Waals surface area contributed by atoms with E-state index in [1.807, 2.05) is 13.1 Å². The van der Waals surface area contributed by atoms with E-state index in [0.29, 0.717) is 6.61 Å². The fourth-order valence-electron chi connectivity index (χ4n) is 1.85. The molecule has 0 bridgehead atoms. The van der Waals surface area contributed by atoms with Crippen LogP contribution in [0.2, 0.25) is 0 Å². The fraction of sp³-hybridized carbons (Fsp3) is 0.417. The lowest BCUT2D eigenvalue weighted by atomic mass is 9.99. The van der Waals surface area contributed by atoms with Gasteiger partial charge in [-0.15, -0.1) is 0 Å². The molecule has 0 amide bonds. The lowest BCUT2D eigenvalue weighted by Gasteiger charge is -2.13. The lowest BCUT2D eigenvalue weighted by molar-refractivity contribution is 0.0715. The standard InChI is InChI=1S/C12H15NO/c1-4-14-12-11-9(3)6-5-8(2)10(11)7-13-12/h5-7,12H,4H2,1-3H3. The smallest absolute Gasteiger partial charge is 0.174 e. The van der Waals surface area contributed by atoms with Gasteiger partial charge in [-0.2, -0.15) is 0 Å². The van der Waals surface area contributed by atoms with Crippen LogP contribution in [-0.2, 0) is 4.74 Å². The number of nitrogens with zero attached hydrogens (tertiary/aromatic N) is 1. The van der Waals surface area contributed by atoms with Crippen molar-refractivity contribution in [3.63, 3.8) is 0 Å². The third-order valence-corrected chi connectivity index (χ3v) is 2.63. The minimum Gasteiger partial charge on any atom is -0.352 e. The Balaban J connectivity index is 2.47. The normalized spacial score (nSPS) is 18.6. The molecule has 0 fully saturated rings. The van der Waals surface area contributed by atoms with Crippen molar-refractivity contribution >= 4 is 6.21 Å². The number of benzene rings is 1. The van der Waals surface area contributed by atoms with E-state index in [1.54, 1.807) is 0 Å². The summed E-state index contributed by atoms with van der Waals surface area (Å²) in [5, 5.41) is 0. The van der Waals surface area contributed by atoms with Crippen molar-refractivity contribution in [3.8, 4) is 0 Å². The number of ether oxygens (including phenoxy) is 1. The van der Waals surface area contributed by atoms with Crippen LogP contribution >= 0.6 is 0 Å². The lowest BCUT2D eigenvalue weighted by Crippen LogP contribution is -2.02. The molecule has 0 saturated carbocycles. The Labute approximate surface area is 84.6 Å². The molecule has 1 atom stereocenters. The second-order valence-electron chi connectivity index (χ2n) is 3.61. The third kappa shape index (κ3) is 1.36. The highest BCUT2D eigenvalue weighted by Gasteiger charge is 2.21.